The number of nitrogens with one attached hydrogen (secondary N) is 1. The van der Waals surface area contributed by atoms with Crippen molar-refractivity contribution in [2.24, 2.45) is 11.5 Å². The molecule has 11 nitrogen and oxygen atoms in total. The van der Waals surface area contributed by atoms with Gasteiger partial charge < -0.3 is 36.8 Å². The summed E-state index contributed by atoms with van der Waals surface area (Å²) < 4.78 is 0. The number of rotatable bonds is 10. The second-order valence-corrected chi connectivity index (χ2v) is 7.79. The summed E-state index contributed by atoms with van der Waals surface area (Å²) in [5, 5.41) is 21.7. The van der Waals surface area contributed by atoms with Crippen LogP contribution in [0, 0.1) is 0 Å². The highest BCUT2D eigenvalue weighted by Gasteiger charge is 2.40. The number of aliphatic hydroxyl groups excluding tert-OH is 2. The largest absolute Gasteiger partial charge is 0.391 e. The summed E-state index contributed by atoms with van der Waals surface area (Å²) in [5.74, 6) is -2.45. The minimum atomic E-state index is -1.27. The van der Waals surface area contributed by atoms with Gasteiger partial charge in [-0.2, -0.15) is 0 Å². The number of carbonyl (C=O) groups excluding carboxylic acids is 4. The van der Waals surface area contributed by atoms with Gasteiger partial charge in [-0.05, 0) is 40.0 Å². The second kappa shape index (κ2) is 11.2. The standard InChI is InChI=1S/C19H35N5O6/c1-5-8-23(19(30)14(20)11(3)25)10(2)18(29)24-9-6-7-13(24)17(28)22-15(12(4)26)16(21)27/h10-15,25-26H,5-9,20H2,1-4H3,(H2,21,27)(H,22,28)/t10-,11+,12+,13-,14-,15-/m0/s1. The second-order valence-electron chi connectivity index (χ2n) is 7.79. The molecule has 0 spiro atoms. The molecule has 1 aliphatic heterocycles. The molecule has 0 aromatic carbocycles. The lowest BCUT2D eigenvalue weighted by atomic mass is 10.1. The molecule has 0 unspecified atom stereocenters. The molecule has 0 aromatic heterocycles. The van der Waals surface area contributed by atoms with Gasteiger partial charge in [0, 0.05) is 13.1 Å². The van der Waals surface area contributed by atoms with E-state index < -0.39 is 60.0 Å². The van der Waals surface area contributed by atoms with E-state index in [1.165, 1.54) is 23.6 Å². The molecule has 0 aromatic rings. The third-order valence-corrected chi connectivity index (χ3v) is 5.30. The van der Waals surface area contributed by atoms with Gasteiger partial charge in [0.2, 0.25) is 23.6 Å². The number of hydrogen-bond donors (Lipinski definition) is 5. The molecule has 1 rings (SSSR count). The molecule has 4 amide bonds. The summed E-state index contributed by atoms with van der Waals surface area (Å²) in [7, 11) is 0. The summed E-state index contributed by atoms with van der Waals surface area (Å²) in [6, 6.07) is -4.16. The number of aliphatic hydroxyl groups is 2. The van der Waals surface area contributed by atoms with Crippen molar-refractivity contribution in [1.29, 1.82) is 0 Å². The Morgan fingerprint density at radius 2 is 1.77 bits per heavy atom. The Labute approximate surface area is 176 Å². The van der Waals surface area contributed by atoms with Crippen molar-refractivity contribution in [2.75, 3.05) is 13.1 Å². The van der Waals surface area contributed by atoms with Crippen LogP contribution in [0.3, 0.4) is 0 Å². The van der Waals surface area contributed by atoms with E-state index in [1.54, 1.807) is 6.92 Å². The monoisotopic (exact) mass is 429 g/mol. The van der Waals surface area contributed by atoms with Crippen LogP contribution >= 0.6 is 0 Å². The van der Waals surface area contributed by atoms with Crippen LogP contribution in [0.15, 0.2) is 0 Å². The van der Waals surface area contributed by atoms with Crippen molar-refractivity contribution >= 4 is 23.6 Å². The summed E-state index contributed by atoms with van der Waals surface area (Å²) in [6.07, 6.45) is -0.730. The Balaban J connectivity index is 2.99. The average Bonchev–Trinajstić information content (AvgIpc) is 3.17. The number of nitrogens with two attached hydrogens (primary N) is 2. The summed E-state index contributed by atoms with van der Waals surface area (Å²) in [5.41, 5.74) is 11.0. The van der Waals surface area contributed by atoms with Crippen LogP contribution in [0.4, 0.5) is 0 Å². The minimum Gasteiger partial charge on any atom is -0.391 e. The van der Waals surface area contributed by atoms with E-state index in [0.717, 1.165) is 0 Å². The van der Waals surface area contributed by atoms with Gasteiger partial charge in [0.25, 0.3) is 0 Å². The molecule has 6 atom stereocenters. The maximum atomic E-state index is 13.1. The summed E-state index contributed by atoms with van der Waals surface area (Å²) in [4.78, 5) is 52.6. The molecule has 1 saturated heterocycles. The van der Waals surface area contributed by atoms with E-state index >= 15 is 0 Å². The van der Waals surface area contributed by atoms with Crippen molar-refractivity contribution in [3.05, 3.63) is 0 Å². The van der Waals surface area contributed by atoms with Gasteiger partial charge in [-0.15, -0.1) is 0 Å². The molecule has 1 heterocycles. The first-order chi connectivity index (χ1) is 13.9. The van der Waals surface area contributed by atoms with Crippen molar-refractivity contribution in [3.8, 4) is 0 Å². The van der Waals surface area contributed by atoms with Crippen molar-refractivity contribution in [3.63, 3.8) is 0 Å². The molecule has 0 radical (unpaired) electrons. The molecule has 1 fully saturated rings. The third-order valence-electron chi connectivity index (χ3n) is 5.30. The molecule has 30 heavy (non-hydrogen) atoms. The maximum Gasteiger partial charge on any atom is 0.245 e. The van der Waals surface area contributed by atoms with Gasteiger partial charge in [0.15, 0.2) is 0 Å². The lowest BCUT2D eigenvalue weighted by Crippen LogP contribution is -2.59. The van der Waals surface area contributed by atoms with Gasteiger partial charge in [-0.3, -0.25) is 19.2 Å². The highest BCUT2D eigenvalue weighted by atomic mass is 16.3. The Bertz CT molecular complexity index is 641. The van der Waals surface area contributed by atoms with E-state index in [0.29, 0.717) is 25.8 Å². The van der Waals surface area contributed by atoms with Crippen LogP contribution in [0.2, 0.25) is 0 Å². The molecule has 1 aliphatic rings. The topological polar surface area (TPSA) is 179 Å². The lowest BCUT2D eigenvalue weighted by molar-refractivity contribution is -0.149. The molecule has 0 bridgehead atoms. The predicted molar refractivity (Wildman–Crippen MR) is 109 cm³/mol. The van der Waals surface area contributed by atoms with E-state index in [1.807, 2.05) is 6.92 Å². The Kier molecular flexibility index (Phi) is 9.66. The molecular formula is C19H35N5O6. The van der Waals surface area contributed by atoms with Crippen LogP contribution in [0.25, 0.3) is 0 Å². The first-order valence-corrected chi connectivity index (χ1v) is 10.3. The highest BCUT2D eigenvalue weighted by molar-refractivity contribution is 5.95. The smallest absolute Gasteiger partial charge is 0.245 e. The fourth-order valence-corrected chi connectivity index (χ4v) is 3.49. The number of likely N-dealkylation sites (tertiary alicyclic amines) is 1. The Hall–Kier alpha value is -2.24. The average molecular weight is 430 g/mol. The minimum absolute atomic E-state index is 0.267. The number of hydrogen-bond acceptors (Lipinski definition) is 7. The Morgan fingerprint density at radius 1 is 1.17 bits per heavy atom. The quantitative estimate of drug-likeness (QED) is 0.258. The normalized spacial score (nSPS) is 21.3. The fraction of sp³-hybridized carbons (Fsp3) is 0.789. The zero-order chi connectivity index (χ0) is 23.2. The van der Waals surface area contributed by atoms with Crippen LogP contribution < -0.4 is 16.8 Å². The molecule has 172 valence electrons. The number of primary amides is 1. The molecule has 11 heteroatoms. The van der Waals surface area contributed by atoms with Gasteiger partial charge in [0.05, 0.1) is 12.2 Å². The van der Waals surface area contributed by atoms with E-state index in [2.05, 4.69) is 5.32 Å². The molecule has 7 N–H and O–H groups in total. The lowest BCUT2D eigenvalue weighted by Gasteiger charge is -2.35. The summed E-state index contributed by atoms with van der Waals surface area (Å²) in [6.45, 7) is 6.71. The molecule has 0 aliphatic carbocycles. The van der Waals surface area contributed by atoms with Crippen molar-refractivity contribution < 1.29 is 29.4 Å². The maximum absolute atomic E-state index is 13.1. The zero-order valence-electron chi connectivity index (χ0n) is 18.1. The number of amides is 4. The van der Waals surface area contributed by atoms with E-state index in [-0.39, 0.29) is 6.54 Å². The van der Waals surface area contributed by atoms with E-state index in [4.69, 9.17) is 11.5 Å². The number of nitrogens with zero attached hydrogens (tertiary/aromatic N) is 2. The molecule has 0 saturated carbocycles. The van der Waals surface area contributed by atoms with Crippen LogP contribution in [0.5, 0.6) is 0 Å². The zero-order valence-corrected chi connectivity index (χ0v) is 18.1. The van der Waals surface area contributed by atoms with Crippen molar-refractivity contribution in [1.82, 2.24) is 15.1 Å². The first-order valence-electron chi connectivity index (χ1n) is 10.3. The van der Waals surface area contributed by atoms with Gasteiger partial charge >= 0.3 is 0 Å². The highest BCUT2D eigenvalue weighted by Crippen LogP contribution is 2.21. The van der Waals surface area contributed by atoms with Gasteiger partial charge in [-0.1, -0.05) is 6.92 Å². The summed E-state index contributed by atoms with van der Waals surface area (Å²) >= 11 is 0. The van der Waals surface area contributed by atoms with E-state index in [9.17, 15) is 29.4 Å². The molecular weight excluding hydrogens is 394 g/mol. The third kappa shape index (κ3) is 6.13. The number of carbonyl (C=O) groups is 4. The van der Waals surface area contributed by atoms with Gasteiger partial charge in [-0.25, -0.2) is 0 Å². The van der Waals surface area contributed by atoms with Gasteiger partial charge in [0.1, 0.15) is 24.2 Å². The Morgan fingerprint density at radius 3 is 2.23 bits per heavy atom. The van der Waals surface area contributed by atoms with Crippen LogP contribution in [0.1, 0.15) is 47.0 Å². The fourth-order valence-electron chi connectivity index (χ4n) is 3.49. The van der Waals surface area contributed by atoms with Crippen LogP contribution in [-0.2, 0) is 19.2 Å². The first kappa shape index (κ1) is 25.8. The van der Waals surface area contributed by atoms with Crippen LogP contribution in [-0.4, -0.2) is 93.1 Å². The predicted octanol–water partition coefficient (Wildman–Crippen LogP) is -2.34. The SMILES string of the molecule is CCCN(C(=O)[C@@H](N)[C@@H](C)O)[C@@H](C)C(=O)N1CCC[C@H]1C(=O)N[C@H](C(N)=O)[C@@H](C)O. The van der Waals surface area contributed by atoms with Crippen molar-refractivity contribution in [2.45, 2.75) is 83.3 Å².